The first kappa shape index (κ1) is 39.0. The number of carbonyl (C=O) groups excluding carboxylic acids is 2. The van der Waals surface area contributed by atoms with E-state index in [1.54, 1.807) is 37.3 Å². The summed E-state index contributed by atoms with van der Waals surface area (Å²) >= 11 is 0. The molecule has 49 heavy (non-hydrogen) atoms. The minimum Gasteiger partial charge on any atom is -0.426 e. The van der Waals surface area contributed by atoms with Crippen molar-refractivity contribution in [2.75, 3.05) is 0 Å². The number of allylic oxidation sites excluding steroid dienone is 2. The number of fused-ring (bicyclic) bond motifs is 2. The summed E-state index contributed by atoms with van der Waals surface area (Å²) in [5, 5.41) is 1.68. The number of carbonyl (C=O) groups is 2. The van der Waals surface area contributed by atoms with Gasteiger partial charge < -0.3 is 18.3 Å². The van der Waals surface area contributed by atoms with Gasteiger partial charge in [-0.15, -0.1) is 0 Å². The van der Waals surface area contributed by atoms with Crippen molar-refractivity contribution >= 4 is 33.9 Å². The van der Waals surface area contributed by atoms with Crippen LogP contribution in [0.5, 0.6) is 11.5 Å². The summed E-state index contributed by atoms with van der Waals surface area (Å²) in [5.74, 6) is 0.249. The molecule has 0 atom stereocenters. The summed E-state index contributed by atoms with van der Waals surface area (Å²) in [6, 6.07) is 13.1. The lowest BCUT2D eigenvalue weighted by molar-refractivity contribution is -0.135. The predicted octanol–water partition coefficient (Wildman–Crippen LogP) is 10.5. The summed E-state index contributed by atoms with van der Waals surface area (Å²) in [6.45, 7) is 7.66. The first-order valence-electron chi connectivity index (χ1n) is 17.9. The Bertz CT molecular complexity index is 1780. The fraction of sp³-hybridized carbons (Fsp3) is 0.463. The summed E-state index contributed by atoms with van der Waals surface area (Å²) in [7, 11) is 0. The largest absolute Gasteiger partial charge is 0.426 e. The van der Waals surface area contributed by atoms with Crippen LogP contribution < -0.4 is 20.7 Å². The molecule has 0 radical (unpaired) electrons. The second kappa shape index (κ2) is 21.5. The molecule has 2 aromatic carbocycles. The van der Waals surface area contributed by atoms with E-state index in [1.807, 2.05) is 19.9 Å². The Morgan fingerprint density at radius 3 is 1.53 bits per heavy atom. The van der Waals surface area contributed by atoms with Crippen LogP contribution in [0.4, 0.5) is 0 Å². The summed E-state index contributed by atoms with van der Waals surface area (Å²) in [6.07, 6.45) is 21.4. The SMILES string of the molecule is CCC(=O)Oc1ccc2c(C)cc(=O)oc2c1.CCCCCCCC/C=C\CCCCCCCC(=O)Oc1ccc2c(C)cc(=O)oc2c1. The van der Waals surface area contributed by atoms with E-state index in [2.05, 4.69) is 19.1 Å². The highest BCUT2D eigenvalue weighted by Crippen LogP contribution is 2.24. The zero-order valence-electron chi connectivity index (χ0n) is 29.6. The monoisotopic (exact) mass is 672 g/mol. The van der Waals surface area contributed by atoms with E-state index in [0.29, 0.717) is 35.5 Å². The van der Waals surface area contributed by atoms with Crippen molar-refractivity contribution in [3.63, 3.8) is 0 Å². The first-order chi connectivity index (χ1) is 23.7. The van der Waals surface area contributed by atoms with E-state index in [-0.39, 0.29) is 11.9 Å². The molecule has 0 fully saturated rings. The molecule has 0 bridgehead atoms. The molecule has 2 heterocycles. The molecule has 2 aromatic heterocycles. The fourth-order valence-electron chi connectivity index (χ4n) is 5.46. The molecule has 264 valence electrons. The molecule has 4 aromatic rings. The maximum Gasteiger partial charge on any atom is 0.336 e. The average Bonchev–Trinajstić information content (AvgIpc) is 3.06. The van der Waals surface area contributed by atoms with Gasteiger partial charge in [0.15, 0.2) is 0 Å². The van der Waals surface area contributed by atoms with Crippen LogP contribution in [-0.2, 0) is 9.59 Å². The molecule has 0 saturated heterocycles. The third-order valence-electron chi connectivity index (χ3n) is 8.24. The van der Waals surface area contributed by atoms with E-state index in [4.69, 9.17) is 18.3 Å². The number of ether oxygens (including phenoxy) is 2. The third-order valence-corrected chi connectivity index (χ3v) is 8.24. The topological polar surface area (TPSA) is 113 Å². The predicted molar refractivity (Wildman–Crippen MR) is 195 cm³/mol. The standard InChI is InChI=1S/C28H40O4.C13H12O4/c1-3-4-5-6-7-8-9-10-11-12-13-14-15-16-17-18-27(29)31-24-19-20-25-23(2)21-28(30)32-26(25)22-24;1-3-12(14)16-9-4-5-10-8(2)6-13(15)17-11(10)7-9/h10-11,19-22H,3-9,12-18H2,1-2H3;4-7H,3H2,1-2H3/b11-10-;. The lowest BCUT2D eigenvalue weighted by atomic mass is 10.1. The van der Waals surface area contributed by atoms with Gasteiger partial charge in [0, 0.05) is 47.9 Å². The second-order valence-corrected chi connectivity index (χ2v) is 12.4. The number of hydrogen-bond acceptors (Lipinski definition) is 8. The van der Waals surface area contributed by atoms with Crippen LogP contribution in [0, 0.1) is 13.8 Å². The smallest absolute Gasteiger partial charge is 0.336 e. The van der Waals surface area contributed by atoms with Crippen LogP contribution in [0.3, 0.4) is 0 Å². The van der Waals surface area contributed by atoms with E-state index in [1.165, 1.54) is 69.9 Å². The number of hydrogen-bond donors (Lipinski definition) is 0. The van der Waals surface area contributed by atoms with Gasteiger partial charge in [-0.05, 0) is 81.3 Å². The van der Waals surface area contributed by atoms with Crippen molar-refractivity contribution in [1.82, 2.24) is 0 Å². The zero-order chi connectivity index (χ0) is 35.4. The van der Waals surface area contributed by atoms with Gasteiger partial charge in [-0.25, -0.2) is 9.59 Å². The number of esters is 2. The lowest BCUT2D eigenvalue weighted by Gasteiger charge is -2.06. The van der Waals surface area contributed by atoms with Crippen molar-refractivity contribution in [3.8, 4) is 11.5 Å². The van der Waals surface area contributed by atoms with Crippen LogP contribution in [0.2, 0.25) is 0 Å². The highest BCUT2D eigenvalue weighted by atomic mass is 16.5. The maximum absolute atomic E-state index is 12.1. The molecule has 0 unspecified atom stereocenters. The van der Waals surface area contributed by atoms with Gasteiger partial charge in [-0.3, -0.25) is 9.59 Å². The summed E-state index contributed by atoms with van der Waals surface area (Å²) < 4.78 is 20.7. The Labute approximate surface area is 289 Å². The number of unbranched alkanes of at least 4 members (excludes halogenated alkanes) is 11. The minimum absolute atomic E-state index is 0.239. The van der Waals surface area contributed by atoms with Crippen molar-refractivity contribution in [2.24, 2.45) is 0 Å². The molecule has 0 saturated carbocycles. The number of rotatable bonds is 18. The Hall–Kier alpha value is -4.46. The summed E-state index contributed by atoms with van der Waals surface area (Å²) in [4.78, 5) is 46.0. The van der Waals surface area contributed by atoms with Gasteiger partial charge in [-0.1, -0.05) is 77.4 Å². The van der Waals surface area contributed by atoms with E-state index >= 15 is 0 Å². The molecule has 0 aliphatic carbocycles. The molecule has 0 N–H and O–H groups in total. The van der Waals surface area contributed by atoms with Gasteiger partial charge in [-0.2, -0.15) is 0 Å². The molecule has 0 spiro atoms. The fourth-order valence-corrected chi connectivity index (χ4v) is 5.46. The van der Waals surface area contributed by atoms with Gasteiger partial charge in [0.05, 0.1) is 0 Å². The molecular weight excluding hydrogens is 620 g/mol. The minimum atomic E-state index is -0.408. The zero-order valence-corrected chi connectivity index (χ0v) is 29.6. The molecule has 0 amide bonds. The normalized spacial score (nSPS) is 11.1. The summed E-state index contributed by atoms with van der Waals surface area (Å²) in [5.41, 5.74) is 1.76. The van der Waals surface area contributed by atoms with E-state index in [9.17, 15) is 19.2 Å². The van der Waals surface area contributed by atoms with Crippen LogP contribution in [-0.4, -0.2) is 11.9 Å². The Kier molecular flexibility index (Phi) is 17.1. The molecule has 8 nitrogen and oxygen atoms in total. The van der Waals surface area contributed by atoms with Gasteiger partial charge in [0.1, 0.15) is 22.7 Å². The molecular formula is C41H52O8. The highest BCUT2D eigenvalue weighted by Gasteiger charge is 2.09. The molecule has 4 rings (SSSR count). The Morgan fingerprint density at radius 2 is 1.04 bits per heavy atom. The first-order valence-corrected chi connectivity index (χ1v) is 17.9. The Morgan fingerprint density at radius 1 is 0.592 bits per heavy atom. The van der Waals surface area contributed by atoms with Gasteiger partial charge in [0.25, 0.3) is 0 Å². The van der Waals surface area contributed by atoms with Crippen molar-refractivity contribution in [2.45, 2.75) is 124 Å². The van der Waals surface area contributed by atoms with Crippen LogP contribution in [0.25, 0.3) is 21.9 Å². The third kappa shape index (κ3) is 14.3. The van der Waals surface area contributed by atoms with Crippen LogP contribution in [0.15, 0.2) is 79.1 Å². The van der Waals surface area contributed by atoms with Crippen LogP contribution in [0.1, 0.15) is 121 Å². The maximum atomic E-state index is 12.1. The van der Waals surface area contributed by atoms with Gasteiger partial charge in [0.2, 0.25) is 0 Å². The van der Waals surface area contributed by atoms with Crippen molar-refractivity contribution < 1.29 is 27.9 Å². The molecule has 0 aliphatic heterocycles. The van der Waals surface area contributed by atoms with E-state index in [0.717, 1.165) is 47.6 Å². The lowest BCUT2D eigenvalue weighted by Crippen LogP contribution is -2.07. The number of benzene rings is 2. The Balaban J connectivity index is 0.000000319. The molecule has 0 aliphatic rings. The average molecular weight is 673 g/mol. The van der Waals surface area contributed by atoms with E-state index < -0.39 is 11.3 Å². The van der Waals surface area contributed by atoms with Crippen molar-refractivity contribution in [1.29, 1.82) is 0 Å². The van der Waals surface area contributed by atoms with Crippen molar-refractivity contribution in [3.05, 3.63) is 92.7 Å². The molecule has 8 heteroatoms. The number of aryl methyl sites for hydroxylation is 2. The second-order valence-electron chi connectivity index (χ2n) is 12.4. The highest BCUT2D eigenvalue weighted by molar-refractivity contribution is 5.83. The quantitative estimate of drug-likeness (QED) is 0.0337. The van der Waals surface area contributed by atoms with Gasteiger partial charge >= 0.3 is 23.2 Å². The van der Waals surface area contributed by atoms with Crippen LogP contribution >= 0.6 is 0 Å².